The van der Waals surface area contributed by atoms with Gasteiger partial charge in [-0.2, -0.15) is 11.8 Å². The standard InChI is InChI=1S/C17H25NS/c1-13(18-12-17-7-4-10-19-17)15-9-8-14-5-2-3-6-16(14)11-15/h8-9,11,13,17-18H,2-7,10,12H2,1H3. The lowest BCUT2D eigenvalue weighted by Gasteiger charge is -2.21. The molecule has 104 valence electrons. The Balaban J connectivity index is 1.60. The highest BCUT2D eigenvalue weighted by Gasteiger charge is 2.17. The van der Waals surface area contributed by atoms with Crippen molar-refractivity contribution in [1.82, 2.24) is 5.32 Å². The van der Waals surface area contributed by atoms with Crippen molar-refractivity contribution in [2.24, 2.45) is 0 Å². The van der Waals surface area contributed by atoms with Crippen LogP contribution in [0.2, 0.25) is 0 Å². The zero-order valence-electron chi connectivity index (χ0n) is 12.0. The van der Waals surface area contributed by atoms with Crippen molar-refractivity contribution >= 4 is 11.8 Å². The fourth-order valence-corrected chi connectivity index (χ4v) is 4.47. The topological polar surface area (TPSA) is 12.0 Å². The van der Waals surface area contributed by atoms with Crippen molar-refractivity contribution in [3.8, 4) is 0 Å². The summed E-state index contributed by atoms with van der Waals surface area (Å²) in [5, 5.41) is 4.57. The second-order valence-electron chi connectivity index (χ2n) is 6.00. The first-order valence-corrected chi connectivity index (χ1v) is 8.84. The van der Waals surface area contributed by atoms with Crippen LogP contribution in [0, 0.1) is 0 Å². The molecule has 2 atom stereocenters. The number of benzene rings is 1. The third kappa shape index (κ3) is 3.35. The van der Waals surface area contributed by atoms with E-state index in [1.54, 1.807) is 11.1 Å². The summed E-state index contributed by atoms with van der Waals surface area (Å²) in [5.41, 5.74) is 4.67. The van der Waals surface area contributed by atoms with Crippen LogP contribution < -0.4 is 5.32 Å². The average molecular weight is 275 g/mol. The first-order valence-electron chi connectivity index (χ1n) is 7.79. The molecule has 1 aliphatic carbocycles. The molecule has 1 aromatic rings. The predicted octanol–water partition coefficient (Wildman–Crippen LogP) is 4.11. The molecule has 0 spiro atoms. The molecule has 19 heavy (non-hydrogen) atoms. The Kier molecular flexibility index (Phi) is 4.49. The number of aryl methyl sites for hydroxylation is 2. The van der Waals surface area contributed by atoms with Crippen LogP contribution in [-0.2, 0) is 12.8 Å². The van der Waals surface area contributed by atoms with E-state index in [2.05, 4.69) is 42.2 Å². The van der Waals surface area contributed by atoms with Crippen molar-refractivity contribution in [2.45, 2.75) is 56.7 Å². The normalized spacial score (nSPS) is 24.2. The summed E-state index contributed by atoms with van der Waals surface area (Å²) in [7, 11) is 0. The molecule has 0 radical (unpaired) electrons. The number of fused-ring (bicyclic) bond motifs is 1. The van der Waals surface area contributed by atoms with E-state index in [1.807, 2.05) is 0 Å². The van der Waals surface area contributed by atoms with Gasteiger partial charge in [0.1, 0.15) is 0 Å². The average Bonchev–Trinajstić information content (AvgIpc) is 2.97. The lowest BCUT2D eigenvalue weighted by atomic mass is 9.89. The summed E-state index contributed by atoms with van der Waals surface area (Å²) in [6.07, 6.45) is 8.12. The number of rotatable bonds is 4. The molecule has 2 unspecified atom stereocenters. The van der Waals surface area contributed by atoms with Crippen molar-refractivity contribution in [3.05, 3.63) is 34.9 Å². The Morgan fingerprint density at radius 3 is 2.84 bits per heavy atom. The van der Waals surface area contributed by atoms with Crippen LogP contribution in [0.25, 0.3) is 0 Å². The first kappa shape index (κ1) is 13.5. The first-order chi connectivity index (χ1) is 9.33. The number of hydrogen-bond acceptors (Lipinski definition) is 2. The van der Waals surface area contributed by atoms with Crippen molar-refractivity contribution in [3.63, 3.8) is 0 Å². The lowest BCUT2D eigenvalue weighted by Crippen LogP contribution is -2.26. The van der Waals surface area contributed by atoms with Crippen LogP contribution >= 0.6 is 11.8 Å². The molecule has 1 saturated heterocycles. The zero-order valence-corrected chi connectivity index (χ0v) is 12.8. The second-order valence-corrected chi connectivity index (χ2v) is 7.41. The van der Waals surface area contributed by atoms with E-state index < -0.39 is 0 Å². The fourth-order valence-electron chi connectivity index (χ4n) is 3.25. The summed E-state index contributed by atoms with van der Waals surface area (Å²) in [6, 6.07) is 7.65. The summed E-state index contributed by atoms with van der Waals surface area (Å²) in [6.45, 7) is 3.48. The van der Waals surface area contributed by atoms with E-state index >= 15 is 0 Å². The van der Waals surface area contributed by atoms with Crippen LogP contribution in [0.1, 0.15) is 55.3 Å². The minimum atomic E-state index is 0.494. The maximum Gasteiger partial charge on any atom is 0.0292 e. The summed E-state index contributed by atoms with van der Waals surface area (Å²) in [4.78, 5) is 0. The lowest BCUT2D eigenvalue weighted by molar-refractivity contribution is 0.558. The van der Waals surface area contributed by atoms with Gasteiger partial charge in [-0.3, -0.25) is 0 Å². The molecule has 3 rings (SSSR count). The van der Waals surface area contributed by atoms with Crippen molar-refractivity contribution in [1.29, 1.82) is 0 Å². The summed E-state index contributed by atoms with van der Waals surface area (Å²) < 4.78 is 0. The molecule has 1 aromatic carbocycles. The van der Waals surface area contributed by atoms with Gasteiger partial charge in [0.15, 0.2) is 0 Å². The van der Waals surface area contributed by atoms with Gasteiger partial charge < -0.3 is 5.32 Å². The van der Waals surface area contributed by atoms with Gasteiger partial charge in [-0.1, -0.05) is 18.2 Å². The Morgan fingerprint density at radius 2 is 2.05 bits per heavy atom. The van der Waals surface area contributed by atoms with Gasteiger partial charge in [0.05, 0.1) is 0 Å². The van der Waals surface area contributed by atoms with Crippen LogP contribution in [0.5, 0.6) is 0 Å². The number of hydrogen-bond donors (Lipinski definition) is 1. The Hall–Kier alpha value is -0.470. The van der Waals surface area contributed by atoms with E-state index in [1.165, 1.54) is 56.4 Å². The van der Waals surface area contributed by atoms with Gasteiger partial charge in [-0.15, -0.1) is 0 Å². The van der Waals surface area contributed by atoms with Crippen LogP contribution in [0.15, 0.2) is 18.2 Å². The Labute approximate surface area is 121 Å². The number of thioether (sulfide) groups is 1. The molecular formula is C17H25NS. The second kappa shape index (κ2) is 6.32. The van der Waals surface area contributed by atoms with Gasteiger partial charge in [0.2, 0.25) is 0 Å². The van der Waals surface area contributed by atoms with Gasteiger partial charge in [-0.05, 0) is 67.9 Å². The monoisotopic (exact) mass is 275 g/mol. The van der Waals surface area contributed by atoms with E-state index in [9.17, 15) is 0 Å². The summed E-state index contributed by atoms with van der Waals surface area (Å²) >= 11 is 2.14. The Bertz CT molecular complexity index is 423. The minimum absolute atomic E-state index is 0.494. The molecule has 1 N–H and O–H groups in total. The molecule has 2 aliphatic rings. The van der Waals surface area contributed by atoms with Gasteiger partial charge in [0, 0.05) is 17.8 Å². The molecule has 0 saturated carbocycles. The molecule has 1 aliphatic heterocycles. The number of nitrogens with one attached hydrogen (secondary N) is 1. The zero-order chi connectivity index (χ0) is 13.1. The molecular weight excluding hydrogens is 250 g/mol. The molecule has 1 nitrogen and oxygen atoms in total. The highest BCUT2D eigenvalue weighted by Crippen LogP contribution is 2.27. The maximum absolute atomic E-state index is 3.73. The highest BCUT2D eigenvalue weighted by atomic mass is 32.2. The minimum Gasteiger partial charge on any atom is -0.309 e. The SMILES string of the molecule is CC(NCC1CCCS1)c1ccc2c(c1)CCCC2. The van der Waals surface area contributed by atoms with E-state index in [4.69, 9.17) is 0 Å². The van der Waals surface area contributed by atoms with Crippen LogP contribution in [-0.4, -0.2) is 17.5 Å². The molecule has 0 bridgehead atoms. The predicted molar refractivity (Wildman–Crippen MR) is 85.0 cm³/mol. The third-order valence-corrected chi connectivity index (χ3v) is 5.95. The quantitative estimate of drug-likeness (QED) is 0.887. The van der Waals surface area contributed by atoms with E-state index in [-0.39, 0.29) is 0 Å². The molecule has 0 aromatic heterocycles. The van der Waals surface area contributed by atoms with Crippen LogP contribution in [0.3, 0.4) is 0 Å². The van der Waals surface area contributed by atoms with Gasteiger partial charge in [0.25, 0.3) is 0 Å². The highest BCUT2D eigenvalue weighted by molar-refractivity contribution is 8.00. The molecule has 1 fully saturated rings. The fraction of sp³-hybridized carbons (Fsp3) is 0.647. The van der Waals surface area contributed by atoms with Crippen LogP contribution in [0.4, 0.5) is 0 Å². The molecule has 0 amide bonds. The van der Waals surface area contributed by atoms with Crippen molar-refractivity contribution in [2.75, 3.05) is 12.3 Å². The van der Waals surface area contributed by atoms with Crippen molar-refractivity contribution < 1.29 is 0 Å². The summed E-state index contributed by atoms with van der Waals surface area (Å²) in [5.74, 6) is 1.36. The largest absolute Gasteiger partial charge is 0.309 e. The van der Waals surface area contributed by atoms with E-state index in [0.29, 0.717) is 6.04 Å². The Morgan fingerprint density at radius 1 is 1.21 bits per heavy atom. The van der Waals surface area contributed by atoms with Gasteiger partial charge in [-0.25, -0.2) is 0 Å². The molecule has 2 heteroatoms. The maximum atomic E-state index is 3.73. The molecule has 1 heterocycles. The smallest absolute Gasteiger partial charge is 0.0292 e. The third-order valence-electron chi connectivity index (χ3n) is 4.55. The van der Waals surface area contributed by atoms with Gasteiger partial charge >= 0.3 is 0 Å². The van der Waals surface area contributed by atoms with E-state index in [0.717, 1.165) is 5.25 Å².